The lowest BCUT2D eigenvalue weighted by atomic mass is 9.78. The van der Waals surface area contributed by atoms with Gasteiger partial charge in [0.2, 0.25) is 0 Å². The van der Waals surface area contributed by atoms with Crippen molar-refractivity contribution in [2.45, 2.75) is 52.5 Å². The Labute approximate surface area is 176 Å². The lowest BCUT2D eigenvalue weighted by Crippen LogP contribution is -2.18. The van der Waals surface area contributed by atoms with E-state index in [1.165, 1.54) is 23.2 Å². The molecule has 1 unspecified atom stereocenters. The van der Waals surface area contributed by atoms with Crippen molar-refractivity contribution in [2.24, 2.45) is 5.92 Å². The van der Waals surface area contributed by atoms with Crippen molar-refractivity contribution in [1.82, 2.24) is 0 Å². The van der Waals surface area contributed by atoms with Crippen LogP contribution in [0.25, 0.3) is 0 Å². The van der Waals surface area contributed by atoms with Gasteiger partial charge in [0, 0.05) is 28.5 Å². The fourth-order valence-electron chi connectivity index (χ4n) is 3.86. The Bertz CT molecular complexity index is 878. The van der Waals surface area contributed by atoms with E-state index in [-0.39, 0.29) is 5.41 Å². The molecule has 3 rings (SSSR count). The third-order valence-electron chi connectivity index (χ3n) is 5.51. The highest BCUT2D eigenvalue weighted by molar-refractivity contribution is 5.63. The zero-order valence-electron chi connectivity index (χ0n) is 18.4. The van der Waals surface area contributed by atoms with Crippen molar-refractivity contribution in [3.63, 3.8) is 0 Å². The molecule has 0 aliphatic rings. The fourth-order valence-corrected chi connectivity index (χ4v) is 3.86. The van der Waals surface area contributed by atoms with E-state index in [2.05, 4.69) is 124 Å². The molecule has 0 amide bonds. The summed E-state index contributed by atoms with van der Waals surface area (Å²) < 4.78 is 0. The molecule has 0 aliphatic heterocycles. The van der Waals surface area contributed by atoms with E-state index >= 15 is 0 Å². The molecule has 0 heterocycles. The fraction of sp³-hybridized carbons (Fsp3) is 0.333. The maximum Gasteiger partial charge on any atom is 0.0385 e. The first kappa shape index (κ1) is 21.0. The number of benzene rings is 3. The molecule has 2 N–H and O–H groups in total. The Hall–Kier alpha value is -2.74. The highest BCUT2D eigenvalue weighted by atomic mass is 14.9. The van der Waals surface area contributed by atoms with E-state index in [9.17, 15) is 0 Å². The van der Waals surface area contributed by atoms with Crippen LogP contribution < -0.4 is 10.6 Å². The lowest BCUT2D eigenvalue weighted by molar-refractivity contribution is 0.540. The number of hydrogen-bond donors (Lipinski definition) is 2. The van der Waals surface area contributed by atoms with Crippen LogP contribution in [0.1, 0.15) is 52.2 Å². The average molecular weight is 387 g/mol. The second kappa shape index (κ2) is 9.17. The highest BCUT2D eigenvalue weighted by Gasteiger charge is 2.22. The predicted octanol–water partition coefficient (Wildman–Crippen LogP) is 7.60. The summed E-state index contributed by atoms with van der Waals surface area (Å²) in [5, 5.41) is 7.08. The summed E-state index contributed by atoms with van der Waals surface area (Å²) >= 11 is 0. The summed E-state index contributed by atoms with van der Waals surface area (Å²) in [6.07, 6.45) is 1.17. The number of hydrogen-bond acceptors (Lipinski definition) is 2. The summed E-state index contributed by atoms with van der Waals surface area (Å²) in [6, 6.07) is 28.5. The summed E-state index contributed by atoms with van der Waals surface area (Å²) in [5.74, 6) is 0.702. The largest absolute Gasteiger partial charge is 0.383 e. The summed E-state index contributed by atoms with van der Waals surface area (Å²) in [4.78, 5) is 0. The molecule has 0 radical (unpaired) electrons. The molecule has 3 aromatic carbocycles. The van der Waals surface area contributed by atoms with E-state index in [0.717, 1.165) is 11.4 Å². The molecule has 2 heteroatoms. The van der Waals surface area contributed by atoms with Gasteiger partial charge in [-0.25, -0.2) is 0 Å². The van der Waals surface area contributed by atoms with Gasteiger partial charge < -0.3 is 10.6 Å². The molecule has 152 valence electrons. The Morgan fingerprint density at radius 1 is 0.655 bits per heavy atom. The maximum atomic E-state index is 3.58. The van der Waals surface area contributed by atoms with Crippen molar-refractivity contribution in [2.75, 3.05) is 10.6 Å². The first-order valence-corrected chi connectivity index (χ1v) is 10.6. The van der Waals surface area contributed by atoms with Crippen LogP contribution in [0.2, 0.25) is 0 Å². The average Bonchev–Trinajstić information content (AvgIpc) is 2.70. The smallest absolute Gasteiger partial charge is 0.0385 e. The Kier molecular flexibility index (Phi) is 6.64. The zero-order chi connectivity index (χ0) is 20.9. The molecule has 2 nitrogen and oxygen atoms in total. The monoisotopic (exact) mass is 386 g/mol. The van der Waals surface area contributed by atoms with Crippen molar-refractivity contribution in [3.8, 4) is 0 Å². The maximum absolute atomic E-state index is 3.58. The van der Waals surface area contributed by atoms with Crippen LogP contribution in [0.3, 0.4) is 0 Å². The van der Waals surface area contributed by atoms with Crippen LogP contribution in [-0.2, 0) is 5.41 Å². The highest BCUT2D eigenvalue weighted by Crippen LogP contribution is 2.32. The molecule has 0 saturated carbocycles. The Morgan fingerprint density at radius 3 is 1.69 bits per heavy atom. The van der Waals surface area contributed by atoms with Gasteiger partial charge in [-0.2, -0.15) is 0 Å². The van der Waals surface area contributed by atoms with Crippen molar-refractivity contribution in [1.29, 1.82) is 0 Å². The van der Waals surface area contributed by atoms with E-state index in [0.29, 0.717) is 12.0 Å². The normalized spacial score (nSPS) is 12.6. The molecule has 0 aliphatic carbocycles. The van der Waals surface area contributed by atoms with Gasteiger partial charge >= 0.3 is 0 Å². The van der Waals surface area contributed by atoms with Crippen LogP contribution in [0.4, 0.5) is 17.1 Å². The van der Waals surface area contributed by atoms with Gasteiger partial charge in [-0.1, -0.05) is 70.2 Å². The molecule has 0 fully saturated rings. The van der Waals surface area contributed by atoms with Gasteiger partial charge in [0.1, 0.15) is 0 Å². The van der Waals surface area contributed by atoms with Gasteiger partial charge in [-0.05, 0) is 66.8 Å². The second-order valence-electron chi connectivity index (χ2n) is 8.95. The number of anilines is 3. The van der Waals surface area contributed by atoms with E-state index in [1.54, 1.807) is 0 Å². The van der Waals surface area contributed by atoms with Gasteiger partial charge in [0.25, 0.3) is 0 Å². The minimum atomic E-state index is -0.0141. The van der Waals surface area contributed by atoms with Gasteiger partial charge in [-0.3, -0.25) is 0 Å². The first-order valence-electron chi connectivity index (χ1n) is 10.6. The molecule has 0 aromatic heterocycles. The van der Waals surface area contributed by atoms with Crippen LogP contribution in [0.15, 0.2) is 78.9 Å². The molecule has 0 saturated heterocycles. The molecular weight excluding hydrogens is 352 g/mol. The van der Waals surface area contributed by atoms with Crippen molar-refractivity contribution >= 4 is 17.1 Å². The first-order chi connectivity index (χ1) is 13.8. The SMILES string of the molecule is CC(C)CC(C)Nc1ccc(Nc2ccc(C(C)(C)c3ccccc3)cc2)cc1. The molecule has 0 spiro atoms. The van der Waals surface area contributed by atoms with Crippen molar-refractivity contribution in [3.05, 3.63) is 90.0 Å². The Morgan fingerprint density at radius 2 is 1.14 bits per heavy atom. The molecule has 3 aromatic rings. The standard InChI is InChI=1S/C27H34N2/c1-20(2)19-21(3)28-24-15-17-26(18-16-24)29-25-13-11-23(12-14-25)27(4,5)22-9-7-6-8-10-22/h6-18,20-21,28-29H,19H2,1-5H3. The molecular formula is C27H34N2. The quantitative estimate of drug-likeness (QED) is 0.416. The van der Waals surface area contributed by atoms with Crippen LogP contribution in [0.5, 0.6) is 0 Å². The summed E-state index contributed by atoms with van der Waals surface area (Å²) in [7, 11) is 0. The van der Waals surface area contributed by atoms with Gasteiger partial charge in [0.05, 0.1) is 0 Å². The van der Waals surface area contributed by atoms with E-state index < -0.39 is 0 Å². The third-order valence-corrected chi connectivity index (χ3v) is 5.51. The van der Waals surface area contributed by atoms with Gasteiger partial charge in [-0.15, -0.1) is 0 Å². The third kappa shape index (κ3) is 5.63. The second-order valence-corrected chi connectivity index (χ2v) is 8.95. The van der Waals surface area contributed by atoms with Gasteiger partial charge in [0.15, 0.2) is 0 Å². The van der Waals surface area contributed by atoms with E-state index in [4.69, 9.17) is 0 Å². The number of rotatable bonds is 8. The summed E-state index contributed by atoms with van der Waals surface area (Å²) in [6.45, 7) is 11.3. The predicted molar refractivity (Wildman–Crippen MR) is 127 cm³/mol. The van der Waals surface area contributed by atoms with Crippen LogP contribution in [0, 0.1) is 5.92 Å². The minimum Gasteiger partial charge on any atom is -0.383 e. The van der Waals surface area contributed by atoms with Crippen molar-refractivity contribution < 1.29 is 0 Å². The summed E-state index contributed by atoms with van der Waals surface area (Å²) in [5.41, 5.74) is 6.00. The van der Waals surface area contributed by atoms with Crippen LogP contribution >= 0.6 is 0 Å². The number of nitrogens with one attached hydrogen (secondary N) is 2. The van der Waals surface area contributed by atoms with E-state index in [1.807, 2.05) is 0 Å². The lowest BCUT2D eigenvalue weighted by Gasteiger charge is -2.26. The van der Waals surface area contributed by atoms with Crippen LogP contribution in [-0.4, -0.2) is 6.04 Å². The topological polar surface area (TPSA) is 24.1 Å². The molecule has 1 atom stereocenters. The Balaban J connectivity index is 1.64. The minimum absolute atomic E-state index is 0.0141. The zero-order valence-corrected chi connectivity index (χ0v) is 18.4. The molecule has 0 bridgehead atoms. The molecule has 29 heavy (non-hydrogen) atoms.